The number of pyridine rings is 1. The highest BCUT2D eigenvalue weighted by Crippen LogP contribution is 2.20. The Kier molecular flexibility index (Phi) is 4.32. The van der Waals surface area contributed by atoms with E-state index in [1.165, 1.54) is 0 Å². The van der Waals surface area contributed by atoms with Crippen molar-refractivity contribution in [3.63, 3.8) is 0 Å². The van der Waals surface area contributed by atoms with E-state index in [4.69, 9.17) is 17.4 Å². The zero-order valence-corrected chi connectivity index (χ0v) is 9.25. The van der Waals surface area contributed by atoms with Gasteiger partial charge in [-0.05, 0) is 24.0 Å². The third-order valence-electron chi connectivity index (χ3n) is 2.06. The molecule has 0 amide bonds. The van der Waals surface area contributed by atoms with Gasteiger partial charge in [0.05, 0.1) is 0 Å². The highest BCUT2D eigenvalue weighted by atomic mass is 35.5. The predicted octanol–water partition coefficient (Wildman–Crippen LogP) is 2.29. The van der Waals surface area contributed by atoms with Crippen LogP contribution in [0.5, 0.6) is 0 Å². The van der Waals surface area contributed by atoms with Gasteiger partial charge in [0.1, 0.15) is 5.15 Å². The van der Waals surface area contributed by atoms with Crippen LogP contribution in [0.2, 0.25) is 5.15 Å². The van der Waals surface area contributed by atoms with Crippen molar-refractivity contribution in [2.75, 3.05) is 0 Å². The fourth-order valence-corrected chi connectivity index (χ4v) is 1.48. The molecule has 1 unspecified atom stereocenters. The zero-order valence-electron chi connectivity index (χ0n) is 8.50. The van der Waals surface area contributed by atoms with E-state index < -0.39 is 0 Å². The van der Waals surface area contributed by atoms with Crippen molar-refractivity contribution in [2.24, 2.45) is 11.8 Å². The smallest absolute Gasteiger partial charge is 0.129 e. The molecular weight excluding hydrogens is 198 g/mol. The molecule has 0 bridgehead atoms. The van der Waals surface area contributed by atoms with E-state index in [-0.39, 0.29) is 6.04 Å². The molecule has 0 fully saturated rings. The molecule has 0 radical (unpaired) electrons. The third kappa shape index (κ3) is 3.25. The van der Waals surface area contributed by atoms with Crippen LogP contribution in [0.1, 0.15) is 31.9 Å². The van der Waals surface area contributed by atoms with E-state index in [0.717, 1.165) is 12.0 Å². The second kappa shape index (κ2) is 5.29. The zero-order chi connectivity index (χ0) is 10.6. The molecule has 14 heavy (non-hydrogen) atoms. The van der Waals surface area contributed by atoms with Crippen molar-refractivity contribution in [3.8, 4) is 0 Å². The summed E-state index contributed by atoms with van der Waals surface area (Å²) in [6.45, 7) is 4.32. The molecule has 1 atom stereocenters. The van der Waals surface area contributed by atoms with Crippen LogP contribution in [0.25, 0.3) is 0 Å². The summed E-state index contributed by atoms with van der Waals surface area (Å²) in [5.74, 6) is 6.07. The van der Waals surface area contributed by atoms with Crippen molar-refractivity contribution < 1.29 is 0 Å². The molecule has 4 heteroatoms. The first kappa shape index (κ1) is 11.4. The number of halogens is 1. The SMILES string of the molecule is CC(C)CC(NN)c1ccc(Cl)nc1. The standard InChI is InChI=1S/C10H16ClN3/c1-7(2)5-9(14-12)8-3-4-10(11)13-6-8/h3-4,6-7,9,14H,5,12H2,1-2H3. The topological polar surface area (TPSA) is 50.9 Å². The van der Waals surface area contributed by atoms with Crippen LogP contribution in [0.3, 0.4) is 0 Å². The first-order valence-corrected chi connectivity index (χ1v) is 5.09. The Morgan fingerprint density at radius 3 is 2.64 bits per heavy atom. The lowest BCUT2D eigenvalue weighted by molar-refractivity contribution is 0.437. The van der Waals surface area contributed by atoms with E-state index in [0.29, 0.717) is 11.1 Å². The summed E-state index contributed by atoms with van der Waals surface area (Å²) in [6.07, 6.45) is 2.75. The van der Waals surface area contributed by atoms with Crippen LogP contribution in [-0.2, 0) is 0 Å². The molecule has 0 aromatic carbocycles. The Labute approximate surface area is 89.6 Å². The maximum absolute atomic E-state index is 5.70. The molecule has 1 aromatic rings. The predicted molar refractivity (Wildman–Crippen MR) is 58.8 cm³/mol. The molecule has 0 aliphatic heterocycles. The maximum atomic E-state index is 5.70. The van der Waals surface area contributed by atoms with Gasteiger partial charge in [0, 0.05) is 12.2 Å². The van der Waals surface area contributed by atoms with Gasteiger partial charge in [-0.3, -0.25) is 11.3 Å². The second-order valence-electron chi connectivity index (χ2n) is 3.76. The van der Waals surface area contributed by atoms with Gasteiger partial charge < -0.3 is 0 Å². The van der Waals surface area contributed by atoms with Crippen molar-refractivity contribution in [3.05, 3.63) is 29.0 Å². The number of nitrogens with one attached hydrogen (secondary N) is 1. The average molecular weight is 214 g/mol. The van der Waals surface area contributed by atoms with E-state index in [1.54, 1.807) is 12.3 Å². The van der Waals surface area contributed by atoms with Gasteiger partial charge in [-0.15, -0.1) is 0 Å². The van der Waals surface area contributed by atoms with Crippen LogP contribution in [-0.4, -0.2) is 4.98 Å². The Bertz CT molecular complexity index is 271. The van der Waals surface area contributed by atoms with Crippen molar-refractivity contribution in [1.29, 1.82) is 0 Å². The number of nitrogens with two attached hydrogens (primary N) is 1. The van der Waals surface area contributed by atoms with E-state index in [1.807, 2.05) is 6.07 Å². The lowest BCUT2D eigenvalue weighted by atomic mass is 9.99. The average Bonchev–Trinajstić information content (AvgIpc) is 2.15. The van der Waals surface area contributed by atoms with E-state index in [2.05, 4.69) is 24.3 Å². The second-order valence-corrected chi connectivity index (χ2v) is 4.15. The Balaban J connectivity index is 2.73. The maximum Gasteiger partial charge on any atom is 0.129 e. The highest BCUT2D eigenvalue weighted by molar-refractivity contribution is 6.29. The van der Waals surface area contributed by atoms with Gasteiger partial charge >= 0.3 is 0 Å². The van der Waals surface area contributed by atoms with Gasteiger partial charge in [-0.2, -0.15) is 0 Å². The number of aromatic nitrogens is 1. The molecule has 0 spiro atoms. The molecule has 0 aliphatic carbocycles. The Morgan fingerprint density at radius 2 is 2.21 bits per heavy atom. The van der Waals surface area contributed by atoms with Gasteiger partial charge in [0.2, 0.25) is 0 Å². The van der Waals surface area contributed by atoms with Gasteiger partial charge in [-0.1, -0.05) is 31.5 Å². The van der Waals surface area contributed by atoms with Gasteiger partial charge in [0.25, 0.3) is 0 Å². The Hall–Kier alpha value is -0.640. The van der Waals surface area contributed by atoms with Crippen LogP contribution in [0.15, 0.2) is 18.3 Å². The normalized spacial score (nSPS) is 13.2. The number of rotatable bonds is 4. The molecule has 1 heterocycles. The minimum absolute atomic E-state index is 0.153. The molecule has 0 saturated carbocycles. The summed E-state index contributed by atoms with van der Waals surface area (Å²) in [6, 6.07) is 3.88. The number of hydrogen-bond acceptors (Lipinski definition) is 3. The quantitative estimate of drug-likeness (QED) is 0.459. The monoisotopic (exact) mass is 213 g/mol. The van der Waals surface area contributed by atoms with Gasteiger partial charge in [0.15, 0.2) is 0 Å². The fourth-order valence-electron chi connectivity index (χ4n) is 1.37. The van der Waals surface area contributed by atoms with Gasteiger partial charge in [-0.25, -0.2) is 4.98 Å². The molecule has 3 N–H and O–H groups in total. The molecule has 78 valence electrons. The van der Waals surface area contributed by atoms with Crippen LogP contribution in [0.4, 0.5) is 0 Å². The largest absolute Gasteiger partial charge is 0.271 e. The summed E-state index contributed by atoms with van der Waals surface area (Å²) in [4.78, 5) is 4.03. The third-order valence-corrected chi connectivity index (χ3v) is 2.28. The highest BCUT2D eigenvalue weighted by Gasteiger charge is 2.11. The van der Waals surface area contributed by atoms with Crippen LogP contribution in [0, 0.1) is 5.92 Å². The lowest BCUT2D eigenvalue weighted by Gasteiger charge is -2.17. The first-order valence-electron chi connectivity index (χ1n) is 4.71. The van der Waals surface area contributed by atoms with E-state index in [9.17, 15) is 0 Å². The molecule has 3 nitrogen and oxygen atoms in total. The molecule has 1 aromatic heterocycles. The first-order chi connectivity index (χ1) is 6.63. The molecule has 0 aliphatic rings. The number of nitrogens with zero attached hydrogens (tertiary/aromatic N) is 1. The fraction of sp³-hybridized carbons (Fsp3) is 0.500. The molecule has 1 rings (SSSR count). The van der Waals surface area contributed by atoms with E-state index >= 15 is 0 Å². The summed E-state index contributed by atoms with van der Waals surface area (Å²) in [5, 5.41) is 0.508. The summed E-state index contributed by atoms with van der Waals surface area (Å²) in [7, 11) is 0. The number of hydrogen-bond donors (Lipinski definition) is 2. The summed E-state index contributed by atoms with van der Waals surface area (Å²) >= 11 is 5.70. The number of hydrazine groups is 1. The van der Waals surface area contributed by atoms with Crippen molar-refractivity contribution in [1.82, 2.24) is 10.4 Å². The summed E-state index contributed by atoms with van der Waals surface area (Å²) < 4.78 is 0. The van der Waals surface area contributed by atoms with Crippen LogP contribution < -0.4 is 11.3 Å². The minimum Gasteiger partial charge on any atom is -0.271 e. The summed E-state index contributed by atoms with van der Waals surface area (Å²) in [5.41, 5.74) is 3.86. The lowest BCUT2D eigenvalue weighted by Crippen LogP contribution is -2.29. The Morgan fingerprint density at radius 1 is 1.50 bits per heavy atom. The minimum atomic E-state index is 0.153. The van der Waals surface area contributed by atoms with Crippen molar-refractivity contribution in [2.45, 2.75) is 26.3 Å². The van der Waals surface area contributed by atoms with Crippen molar-refractivity contribution >= 4 is 11.6 Å². The molecule has 0 saturated heterocycles. The van der Waals surface area contributed by atoms with Crippen LogP contribution >= 0.6 is 11.6 Å². The molecular formula is C10H16ClN3.